The minimum atomic E-state index is -2.82. The number of alkyl halides is 2. The van der Waals surface area contributed by atoms with Crippen molar-refractivity contribution in [2.45, 2.75) is 19.8 Å². The zero-order valence-electron chi connectivity index (χ0n) is 9.04. The van der Waals surface area contributed by atoms with Gasteiger partial charge < -0.3 is 0 Å². The summed E-state index contributed by atoms with van der Waals surface area (Å²) >= 11 is 0. The largest absolute Gasteiger partial charge is 0.266 e. The molecule has 0 fully saturated rings. The van der Waals surface area contributed by atoms with E-state index in [2.05, 4.69) is 15.2 Å². The van der Waals surface area contributed by atoms with Crippen LogP contribution in [0.4, 0.5) is 13.2 Å². The van der Waals surface area contributed by atoms with Gasteiger partial charge in [0.15, 0.2) is 5.82 Å². The Bertz CT molecular complexity index is 522. The van der Waals surface area contributed by atoms with Crippen molar-refractivity contribution in [3.8, 4) is 0 Å². The molecule has 0 aliphatic carbocycles. The molecule has 6 heteroatoms. The average Bonchev–Trinajstić information content (AvgIpc) is 2.66. The maximum absolute atomic E-state index is 13.0. The van der Waals surface area contributed by atoms with Crippen molar-refractivity contribution in [3.63, 3.8) is 0 Å². The minimum absolute atomic E-state index is 0.296. The summed E-state index contributed by atoms with van der Waals surface area (Å²) in [7, 11) is 0. The molecular weight excluding hydrogens is 231 g/mol. The number of aryl methyl sites for hydroxylation is 1. The number of halogens is 3. The van der Waals surface area contributed by atoms with Crippen molar-refractivity contribution in [1.29, 1.82) is 0 Å². The van der Waals surface area contributed by atoms with Crippen LogP contribution >= 0.6 is 0 Å². The molecule has 0 spiro atoms. The second-order valence-electron chi connectivity index (χ2n) is 3.67. The lowest BCUT2D eigenvalue weighted by atomic mass is 10.1. The van der Waals surface area contributed by atoms with Crippen LogP contribution in [-0.2, 0) is 6.42 Å². The average molecular weight is 241 g/mol. The maximum atomic E-state index is 13.0. The van der Waals surface area contributed by atoms with Crippen LogP contribution in [0, 0.1) is 12.7 Å². The lowest BCUT2D eigenvalue weighted by Crippen LogP contribution is -1.96. The monoisotopic (exact) mass is 241 g/mol. The number of H-pyrrole nitrogens is 1. The molecule has 0 aliphatic heterocycles. The highest BCUT2D eigenvalue weighted by Crippen LogP contribution is 2.23. The zero-order valence-corrected chi connectivity index (χ0v) is 9.04. The van der Waals surface area contributed by atoms with Gasteiger partial charge in [-0.3, -0.25) is 5.10 Å². The lowest BCUT2D eigenvalue weighted by molar-refractivity contribution is 0.146. The highest BCUT2D eigenvalue weighted by atomic mass is 19.3. The first-order valence-electron chi connectivity index (χ1n) is 5.00. The SMILES string of the molecule is Cc1nc(Cc2ccc(F)c(C(F)F)c2)n[nH]1. The number of rotatable bonds is 3. The van der Waals surface area contributed by atoms with E-state index in [0.717, 1.165) is 12.1 Å². The second-order valence-corrected chi connectivity index (χ2v) is 3.67. The molecule has 0 saturated heterocycles. The lowest BCUT2D eigenvalue weighted by Gasteiger charge is -2.04. The number of hydrogen-bond donors (Lipinski definition) is 1. The first kappa shape index (κ1) is 11.6. The van der Waals surface area contributed by atoms with Gasteiger partial charge in [-0.2, -0.15) is 5.10 Å². The third-order valence-corrected chi connectivity index (χ3v) is 2.30. The van der Waals surface area contributed by atoms with Crippen LogP contribution in [0.2, 0.25) is 0 Å². The third kappa shape index (κ3) is 2.64. The van der Waals surface area contributed by atoms with E-state index in [9.17, 15) is 13.2 Å². The predicted molar refractivity (Wildman–Crippen MR) is 55.3 cm³/mol. The number of hydrogen-bond acceptors (Lipinski definition) is 2. The molecule has 1 aromatic heterocycles. The summed E-state index contributed by atoms with van der Waals surface area (Å²) < 4.78 is 38.0. The van der Waals surface area contributed by atoms with Crippen molar-refractivity contribution >= 4 is 0 Å². The first-order chi connectivity index (χ1) is 8.06. The van der Waals surface area contributed by atoms with E-state index in [1.165, 1.54) is 6.07 Å². The van der Waals surface area contributed by atoms with Crippen molar-refractivity contribution in [2.75, 3.05) is 0 Å². The second kappa shape index (κ2) is 4.57. The van der Waals surface area contributed by atoms with Crippen LogP contribution in [0.15, 0.2) is 18.2 Å². The first-order valence-corrected chi connectivity index (χ1v) is 5.00. The van der Waals surface area contributed by atoms with E-state index >= 15 is 0 Å². The Labute approximate surface area is 95.7 Å². The molecule has 0 amide bonds. The zero-order chi connectivity index (χ0) is 12.4. The fraction of sp³-hybridized carbons (Fsp3) is 0.273. The molecule has 0 atom stereocenters. The van der Waals surface area contributed by atoms with E-state index in [4.69, 9.17) is 0 Å². The molecule has 0 saturated carbocycles. The van der Waals surface area contributed by atoms with Gasteiger partial charge in [-0.25, -0.2) is 18.2 Å². The number of nitrogens with one attached hydrogen (secondary N) is 1. The molecule has 1 aromatic carbocycles. The van der Waals surface area contributed by atoms with E-state index in [1.54, 1.807) is 6.92 Å². The Kier molecular flexibility index (Phi) is 3.12. The number of aromatic amines is 1. The van der Waals surface area contributed by atoms with Crippen LogP contribution in [0.5, 0.6) is 0 Å². The minimum Gasteiger partial charge on any atom is -0.263 e. The Balaban J connectivity index is 2.25. The van der Waals surface area contributed by atoms with Crippen LogP contribution in [0.25, 0.3) is 0 Å². The summed E-state index contributed by atoms with van der Waals surface area (Å²) in [5, 5.41) is 6.54. The van der Waals surface area contributed by atoms with Gasteiger partial charge in [-0.05, 0) is 24.6 Å². The van der Waals surface area contributed by atoms with Crippen molar-refractivity contribution in [3.05, 3.63) is 46.8 Å². The molecular formula is C11H10F3N3. The smallest absolute Gasteiger partial charge is 0.263 e. The van der Waals surface area contributed by atoms with Crippen LogP contribution in [0.3, 0.4) is 0 Å². The summed E-state index contributed by atoms with van der Waals surface area (Å²) in [5.41, 5.74) is -0.0320. The fourth-order valence-corrected chi connectivity index (χ4v) is 1.52. The van der Waals surface area contributed by atoms with E-state index in [0.29, 0.717) is 23.6 Å². The normalized spacial score (nSPS) is 11.1. The summed E-state index contributed by atoms with van der Waals surface area (Å²) in [6.07, 6.45) is -2.52. The van der Waals surface area contributed by atoms with E-state index < -0.39 is 17.8 Å². The number of aromatic nitrogens is 3. The Hall–Kier alpha value is -1.85. The fourth-order valence-electron chi connectivity index (χ4n) is 1.52. The predicted octanol–water partition coefficient (Wildman–Crippen LogP) is 2.78. The quantitative estimate of drug-likeness (QED) is 0.897. The van der Waals surface area contributed by atoms with E-state index in [1.807, 2.05) is 0 Å². The molecule has 90 valence electrons. The Morgan fingerprint density at radius 3 is 2.71 bits per heavy atom. The Morgan fingerprint density at radius 1 is 1.35 bits per heavy atom. The molecule has 3 nitrogen and oxygen atoms in total. The van der Waals surface area contributed by atoms with Crippen molar-refractivity contribution < 1.29 is 13.2 Å². The summed E-state index contributed by atoms with van der Waals surface area (Å²) in [6, 6.07) is 3.63. The Morgan fingerprint density at radius 2 is 2.12 bits per heavy atom. The summed E-state index contributed by atoms with van der Waals surface area (Å²) in [4.78, 5) is 4.05. The van der Waals surface area contributed by atoms with Crippen molar-refractivity contribution in [1.82, 2.24) is 15.2 Å². The van der Waals surface area contributed by atoms with Gasteiger partial charge in [0.25, 0.3) is 6.43 Å². The number of benzene rings is 1. The molecule has 17 heavy (non-hydrogen) atoms. The van der Waals surface area contributed by atoms with Gasteiger partial charge in [0, 0.05) is 6.42 Å². The topological polar surface area (TPSA) is 41.6 Å². The summed E-state index contributed by atoms with van der Waals surface area (Å²) in [5.74, 6) is 0.250. The molecule has 1 heterocycles. The maximum Gasteiger partial charge on any atom is 0.266 e. The molecule has 1 N–H and O–H groups in total. The van der Waals surface area contributed by atoms with Crippen molar-refractivity contribution in [2.24, 2.45) is 0 Å². The van der Waals surface area contributed by atoms with Gasteiger partial charge in [-0.15, -0.1) is 0 Å². The molecule has 0 unspecified atom stereocenters. The van der Waals surface area contributed by atoms with Crippen LogP contribution < -0.4 is 0 Å². The molecule has 0 radical (unpaired) electrons. The van der Waals surface area contributed by atoms with Crippen LogP contribution in [0.1, 0.15) is 29.2 Å². The van der Waals surface area contributed by atoms with Gasteiger partial charge in [-0.1, -0.05) is 6.07 Å². The summed E-state index contributed by atoms with van der Waals surface area (Å²) in [6.45, 7) is 1.74. The standard InChI is InChI=1S/C11H10F3N3/c1-6-15-10(17-16-6)5-7-2-3-9(12)8(4-7)11(13)14/h2-4,11H,5H2,1H3,(H,15,16,17). The molecule has 0 aliphatic rings. The van der Waals surface area contributed by atoms with Gasteiger partial charge in [0.1, 0.15) is 11.6 Å². The highest BCUT2D eigenvalue weighted by Gasteiger charge is 2.14. The van der Waals surface area contributed by atoms with Gasteiger partial charge >= 0.3 is 0 Å². The molecule has 2 rings (SSSR count). The number of nitrogens with zero attached hydrogens (tertiary/aromatic N) is 2. The van der Waals surface area contributed by atoms with Gasteiger partial charge in [0.2, 0.25) is 0 Å². The van der Waals surface area contributed by atoms with E-state index in [-0.39, 0.29) is 0 Å². The highest BCUT2D eigenvalue weighted by molar-refractivity contribution is 5.28. The third-order valence-electron chi connectivity index (χ3n) is 2.30. The van der Waals surface area contributed by atoms with Crippen LogP contribution in [-0.4, -0.2) is 15.2 Å². The molecule has 0 bridgehead atoms. The molecule has 2 aromatic rings. The van der Waals surface area contributed by atoms with Gasteiger partial charge in [0.05, 0.1) is 5.56 Å².